The fourth-order valence-electron chi connectivity index (χ4n) is 1.98. The smallest absolute Gasteiger partial charge is 0.123 e. The third-order valence-electron chi connectivity index (χ3n) is 3.19. The minimum absolute atomic E-state index is 0.521. The van der Waals surface area contributed by atoms with Crippen molar-refractivity contribution in [1.29, 1.82) is 0 Å². The second-order valence-electron chi connectivity index (χ2n) is 4.74. The van der Waals surface area contributed by atoms with E-state index in [0.717, 1.165) is 37.5 Å². The highest BCUT2D eigenvalue weighted by Crippen LogP contribution is 2.19. The number of hydrogen-bond acceptors (Lipinski definition) is 5. The van der Waals surface area contributed by atoms with Gasteiger partial charge in [0, 0.05) is 38.5 Å². The van der Waals surface area contributed by atoms with Crippen molar-refractivity contribution in [3.8, 4) is 11.3 Å². The SMILES string of the molecule is COCCN(C)CCn1cncc1-c1ccnc(N)c1. The van der Waals surface area contributed by atoms with Gasteiger partial charge in [-0.3, -0.25) is 0 Å². The van der Waals surface area contributed by atoms with E-state index in [1.165, 1.54) is 0 Å². The fraction of sp³-hybridized carbons (Fsp3) is 0.429. The lowest BCUT2D eigenvalue weighted by atomic mass is 10.2. The van der Waals surface area contributed by atoms with Crippen LogP contribution >= 0.6 is 0 Å². The van der Waals surface area contributed by atoms with E-state index >= 15 is 0 Å². The van der Waals surface area contributed by atoms with Gasteiger partial charge in [0.1, 0.15) is 5.82 Å². The molecule has 2 rings (SSSR count). The summed E-state index contributed by atoms with van der Waals surface area (Å²) in [5.41, 5.74) is 7.82. The Balaban J connectivity index is 2.02. The van der Waals surface area contributed by atoms with Gasteiger partial charge in [0.2, 0.25) is 0 Å². The van der Waals surface area contributed by atoms with Crippen molar-refractivity contribution in [3.63, 3.8) is 0 Å². The van der Waals surface area contributed by atoms with Crippen molar-refractivity contribution in [3.05, 3.63) is 30.9 Å². The van der Waals surface area contributed by atoms with Crippen LogP contribution in [0.1, 0.15) is 0 Å². The van der Waals surface area contributed by atoms with Crippen LogP contribution in [0.3, 0.4) is 0 Å². The number of ether oxygens (including phenoxy) is 1. The summed E-state index contributed by atoms with van der Waals surface area (Å²) in [6.07, 6.45) is 5.41. The molecule has 0 saturated heterocycles. The van der Waals surface area contributed by atoms with Crippen LogP contribution in [-0.4, -0.2) is 53.3 Å². The molecule has 0 atom stereocenters. The number of nitrogens with two attached hydrogens (primary N) is 1. The molecule has 20 heavy (non-hydrogen) atoms. The number of imidazole rings is 1. The van der Waals surface area contributed by atoms with Crippen LogP contribution in [0.2, 0.25) is 0 Å². The summed E-state index contributed by atoms with van der Waals surface area (Å²) in [6, 6.07) is 3.81. The van der Waals surface area contributed by atoms with Crippen molar-refractivity contribution in [2.45, 2.75) is 6.54 Å². The van der Waals surface area contributed by atoms with Gasteiger partial charge in [-0.05, 0) is 19.2 Å². The number of anilines is 1. The van der Waals surface area contributed by atoms with Crippen LogP contribution in [0, 0.1) is 0 Å². The van der Waals surface area contributed by atoms with E-state index in [-0.39, 0.29) is 0 Å². The van der Waals surface area contributed by atoms with E-state index in [2.05, 4.69) is 26.5 Å². The maximum Gasteiger partial charge on any atom is 0.123 e. The predicted octanol–water partition coefficient (Wildman–Crippen LogP) is 1.11. The Bertz CT molecular complexity index is 540. The average Bonchev–Trinajstić information content (AvgIpc) is 2.91. The normalized spacial score (nSPS) is 11.2. The van der Waals surface area contributed by atoms with Crippen LogP contribution < -0.4 is 5.73 Å². The molecule has 2 heterocycles. The molecule has 108 valence electrons. The summed E-state index contributed by atoms with van der Waals surface area (Å²) >= 11 is 0. The van der Waals surface area contributed by atoms with Gasteiger partial charge in [-0.15, -0.1) is 0 Å². The molecule has 0 aromatic carbocycles. The van der Waals surface area contributed by atoms with Crippen LogP contribution in [0.25, 0.3) is 11.3 Å². The number of rotatable bonds is 7. The zero-order chi connectivity index (χ0) is 14.4. The van der Waals surface area contributed by atoms with E-state index < -0.39 is 0 Å². The molecule has 0 saturated carbocycles. The average molecular weight is 275 g/mol. The van der Waals surface area contributed by atoms with Gasteiger partial charge >= 0.3 is 0 Å². The highest BCUT2D eigenvalue weighted by molar-refractivity contribution is 5.61. The summed E-state index contributed by atoms with van der Waals surface area (Å²) in [4.78, 5) is 10.5. The molecule has 2 N–H and O–H groups in total. The molecule has 0 unspecified atom stereocenters. The number of hydrogen-bond donors (Lipinski definition) is 1. The lowest BCUT2D eigenvalue weighted by molar-refractivity contribution is 0.159. The summed E-state index contributed by atoms with van der Waals surface area (Å²) in [5, 5.41) is 0. The van der Waals surface area contributed by atoms with Gasteiger partial charge in [-0.25, -0.2) is 9.97 Å². The Morgan fingerprint density at radius 2 is 2.25 bits per heavy atom. The van der Waals surface area contributed by atoms with Crippen LogP contribution in [0.4, 0.5) is 5.82 Å². The maximum atomic E-state index is 5.73. The highest BCUT2D eigenvalue weighted by atomic mass is 16.5. The molecule has 0 aliphatic carbocycles. The number of nitrogens with zero attached hydrogens (tertiary/aromatic N) is 4. The van der Waals surface area contributed by atoms with E-state index in [1.807, 2.05) is 24.7 Å². The molecule has 0 spiro atoms. The van der Waals surface area contributed by atoms with Crippen LogP contribution in [0.5, 0.6) is 0 Å². The Hall–Kier alpha value is -1.92. The van der Waals surface area contributed by atoms with Crippen molar-refractivity contribution < 1.29 is 4.74 Å². The van der Waals surface area contributed by atoms with Gasteiger partial charge in [0.25, 0.3) is 0 Å². The highest BCUT2D eigenvalue weighted by Gasteiger charge is 2.06. The Morgan fingerprint density at radius 3 is 3.00 bits per heavy atom. The zero-order valence-electron chi connectivity index (χ0n) is 12.0. The Labute approximate surface area is 119 Å². The first-order valence-electron chi connectivity index (χ1n) is 6.60. The largest absolute Gasteiger partial charge is 0.384 e. The minimum atomic E-state index is 0.521. The zero-order valence-corrected chi connectivity index (χ0v) is 12.0. The second kappa shape index (κ2) is 7.02. The number of likely N-dealkylation sites (N-methyl/N-ethyl adjacent to an activating group) is 1. The molecule has 0 fully saturated rings. The topological polar surface area (TPSA) is 69.2 Å². The minimum Gasteiger partial charge on any atom is -0.384 e. The molecule has 0 bridgehead atoms. The summed E-state index contributed by atoms with van der Waals surface area (Å²) in [5.74, 6) is 0.521. The molecule has 2 aromatic heterocycles. The standard InChI is InChI=1S/C14H21N5O/c1-18(7-8-20-2)5-6-19-11-16-10-13(19)12-3-4-17-14(15)9-12/h3-4,9-11H,5-8H2,1-2H3,(H2,15,17). The molecule has 6 nitrogen and oxygen atoms in total. The first-order chi connectivity index (χ1) is 9.70. The van der Waals surface area contributed by atoms with E-state index in [9.17, 15) is 0 Å². The lowest BCUT2D eigenvalue weighted by Gasteiger charge is -2.17. The molecule has 0 aliphatic rings. The summed E-state index contributed by atoms with van der Waals surface area (Å²) in [6.45, 7) is 3.47. The van der Waals surface area contributed by atoms with Crippen molar-refractivity contribution in [2.75, 3.05) is 39.6 Å². The van der Waals surface area contributed by atoms with Crippen LogP contribution in [0.15, 0.2) is 30.9 Å². The van der Waals surface area contributed by atoms with Gasteiger partial charge in [0.15, 0.2) is 0 Å². The molecule has 0 amide bonds. The summed E-state index contributed by atoms with van der Waals surface area (Å²) in [7, 11) is 3.80. The first kappa shape index (κ1) is 14.5. The molecule has 0 aliphatic heterocycles. The molecule has 2 aromatic rings. The van der Waals surface area contributed by atoms with Crippen molar-refractivity contribution >= 4 is 5.82 Å². The number of aromatic nitrogens is 3. The quantitative estimate of drug-likeness (QED) is 0.819. The molecular formula is C14H21N5O. The summed E-state index contributed by atoms with van der Waals surface area (Å²) < 4.78 is 7.20. The van der Waals surface area contributed by atoms with Crippen LogP contribution in [-0.2, 0) is 11.3 Å². The first-order valence-corrected chi connectivity index (χ1v) is 6.60. The third kappa shape index (κ3) is 3.79. The second-order valence-corrected chi connectivity index (χ2v) is 4.74. The van der Waals surface area contributed by atoms with E-state index in [4.69, 9.17) is 10.5 Å². The number of pyridine rings is 1. The Kier molecular flexibility index (Phi) is 5.09. The van der Waals surface area contributed by atoms with E-state index in [0.29, 0.717) is 5.82 Å². The van der Waals surface area contributed by atoms with Crippen molar-refractivity contribution in [1.82, 2.24) is 19.4 Å². The van der Waals surface area contributed by atoms with Crippen molar-refractivity contribution in [2.24, 2.45) is 0 Å². The monoisotopic (exact) mass is 275 g/mol. The number of nitrogen functional groups attached to an aromatic ring is 1. The number of methoxy groups -OCH3 is 1. The predicted molar refractivity (Wildman–Crippen MR) is 79.2 cm³/mol. The Morgan fingerprint density at radius 1 is 1.40 bits per heavy atom. The van der Waals surface area contributed by atoms with Gasteiger partial charge in [-0.1, -0.05) is 0 Å². The molecular weight excluding hydrogens is 254 g/mol. The van der Waals surface area contributed by atoms with Gasteiger partial charge in [0.05, 0.1) is 24.8 Å². The third-order valence-corrected chi connectivity index (χ3v) is 3.19. The maximum absolute atomic E-state index is 5.73. The lowest BCUT2D eigenvalue weighted by Crippen LogP contribution is -2.26. The van der Waals surface area contributed by atoms with E-state index in [1.54, 1.807) is 13.3 Å². The van der Waals surface area contributed by atoms with Gasteiger partial charge in [-0.2, -0.15) is 0 Å². The fourth-order valence-corrected chi connectivity index (χ4v) is 1.98. The van der Waals surface area contributed by atoms with Gasteiger partial charge < -0.3 is 19.9 Å². The molecule has 6 heteroatoms. The molecule has 0 radical (unpaired) electrons.